The highest BCUT2D eigenvalue weighted by Gasteiger charge is 2.29. The number of para-hydroxylation sites is 1. The molecule has 0 aromatic heterocycles. The van der Waals surface area contributed by atoms with Crippen LogP contribution in [0.3, 0.4) is 0 Å². The lowest BCUT2D eigenvalue weighted by molar-refractivity contribution is -0.390. The molecule has 1 N–H and O–H groups in total. The van der Waals surface area contributed by atoms with Crippen molar-refractivity contribution in [3.05, 3.63) is 34.1 Å². The highest BCUT2D eigenvalue weighted by atomic mass is 32.2. The summed E-state index contributed by atoms with van der Waals surface area (Å²) in [4.78, 5) is 8.83. The molecule has 0 heterocycles. The van der Waals surface area contributed by atoms with E-state index in [0.717, 1.165) is 18.2 Å². The molecule has 1 aromatic rings. The first kappa shape index (κ1) is 14.1. The maximum atomic E-state index is 13.3. The van der Waals surface area contributed by atoms with Gasteiger partial charge in [0.15, 0.2) is 4.90 Å². The number of benzene rings is 1. The molecule has 0 radical (unpaired) electrons. The summed E-state index contributed by atoms with van der Waals surface area (Å²) in [6.07, 6.45) is 5.00. The number of sulfonamides is 1. The zero-order chi connectivity index (χ0) is 13.9. The van der Waals surface area contributed by atoms with Crippen LogP contribution in [0.4, 0.5) is 10.1 Å². The van der Waals surface area contributed by atoms with E-state index in [2.05, 4.69) is 5.92 Å². The summed E-state index contributed by atoms with van der Waals surface area (Å²) in [6.45, 7) is 1.38. The first-order valence-corrected chi connectivity index (χ1v) is 6.19. The smallest absolute Gasteiger partial charge is 0.258 e. The number of nitro groups is 1. The van der Waals surface area contributed by atoms with Gasteiger partial charge < -0.3 is 0 Å². The third kappa shape index (κ3) is 2.82. The van der Waals surface area contributed by atoms with Crippen LogP contribution in [-0.2, 0) is 10.0 Å². The number of terminal acetylenes is 1. The highest BCUT2D eigenvalue weighted by molar-refractivity contribution is 7.89. The normalized spacial score (nSPS) is 12.7. The van der Waals surface area contributed by atoms with Crippen molar-refractivity contribution >= 4 is 15.7 Å². The minimum Gasteiger partial charge on any atom is -0.258 e. The Balaban J connectivity index is 3.39. The van der Waals surface area contributed by atoms with Crippen LogP contribution >= 0.6 is 0 Å². The molecular formula is C10H9FN2O4S. The van der Waals surface area contributed by atoms with Crippen LogP contribution in [0.5, 0.6) is 0 Å². The molecular weight excluding hydrogens is 263 g/mol. The summed E-state index contributed by atoms with van der Waals surface area (Å²) in [5, 5.41) is 10.7. The molecule has 0 spiro atoms. The van der Waals surface area contributed by atoms with E-state index in [9.17, 15) is 22.9 Å². The Morgan fingerprint density at radius 3 is 2.67 bits per heavy atom. The Bertz CT molecular complexity index is 621. The lowest BCUT2D eigenvalue weighted by Crippen LogP contribution is -2.32. The maximum Gasteiger partial charge on any atom is 0.324 e. The largest absolute Gasteiger partial charge is 0.324 e. The predicted molar refractivity (Wildman–Crippen MR) is 61.7 cm³/mol. The van der Waals surface area contributed by atoms with Gasteiger partial charge in [-0.1, -0.05) is 12.0 Å². The monoisotopic (exact) mass is 272 g/mol. The summed E-state index contributed by atoms with van der Waals surface area (Å²) in [5.41, 5.74) is -1.10. The molecule has 1 rings (SSSR count). The Labute approximate surface area is 103 Å². The van der Waals surface area contributed by atoms with Crippen LogP contribution in [0.2, 0.25) is 0 Å². The fourth-order valence-corrected chi connectivity index (χ4v) is 2.56. The third-order valence-electron chi connectivity index (χ3n) is 2.00. The van der Waals surface area contributed by atoms with Crippen molar-refractivity contribution in [1.29, 1.82) is 0 Å². The van der Waals surface area contributed by atoms with E-state index < -0.39 is 37.4 Å². The molecule has 0 aliphatic carbocycles. The van der Waals surface area contributed by atoms with Crippen molar-refractivity contribution in [1.82, 2.24) is 4.72 Å². The summed E-state index contributed by atoms with van der Waals surface area (Å²) in [6, 6.07) is 1.95. The summed E-state index contributed by atoms with van der Waals surface area (Å²) < 4.78 is 38.9. The van der Waals surface area contributed by atoms with Crippen molar-refractivity contribution < 1.29 is 17.7 Å². The van der Waals surface area contributed by atoms with E-state index in [1.165, 1.54) is 6.92 Å². The zero-order valence-electron chi connectivity index (χ0n) is 9.25. The van der Waals surface area contributed by atoms with Crippen molar-refractivity contribution in [3.63, 3.8) is 0 Å². The second-order valence-corrected chi connectivity index (χ2v) is 5.04. The van der Waals surface area contributed by atoms with Crippen LogP contribution < -0.4 is 4.72 Å². The van der Waals surface area contributed by atoms with Gasteiger partial charge in [0.05, 0.1) is 11.0 Å². The molecule has 0 aliphatic rings. The Morgan fingerprint density at radius 2 is 2.17 bits per heavy atom. The number of nitrogens with one attached hydrogen (secondary N) is 1. The summed E-state index contributed by atoms with van der Waals surface area (Å²) >= 11 is 0. The van der Waals surface area contributed by atoms with Gasteiger partial charge in [-0.3, -0.25) is 10.1 Å². The number of hydrogen-bond donors (Lipinski definition) is 1. The number of nitrogens with zero attached hydrogens (tertiary/aromatic N) is 1. The molecule has 6 nitrogen and oxygen atoms in total. The minimum absolute atomic E-state index is 0.755. The topological polar surface area (TPSA) is 89.3 Å². The Morgan fingerprint density at radius 1 is 1.56 bits per heavy atom. The summed E-state index contributed by atoms with van der Waals surface area (Å²) in [7, 11) is -4.24. The first-order chi connectivity index (χ1) is 8.29. The quantitative estimate of drug-likeness (QED) is 0.503. The van der Waals surface area contributed by atoms with Gasteiger partial charge in [0.1, 0.15) is 0 Å². The molecule has 8 heteroatoms. The van der Waals surface area contributed by atoms with Crippen LogP contribution in [0.15, 0.2) is 23.1 Å². The fourth-order valence-electron chi connectivity index (χ4n) is 1.22. The minimum atomic E-state index is -4.24. The van der Waals surface area contributed by atoms with Crippen molar-refractivity contribution in [2.24, 2.45) is 0 Å². The highest BCUT2D eigenvalue weighted by Crippen LogP contribution is 2.26. The van der Waals surface area contributed by atoms with E-state index >= 15 is 0 Å². The molecule has 0 saturated carbocycles. The standard InChI is InChI=1S/C10H9FN2O4S/c1-3-7(2)12-18(16,17)9-6-4-5-8(11)10(9)13(14)15/h1,4-7,12H,2H3. The number of nitro benzene ring substituents is 1. The lowest BCUT2D eigenvalue weighted by atomic mass is 10.3. The van der Waals surface area contributed by atoms with Crippen LogP contribution in [0, 0.1) is 28.3 Å². The number of rotatable bonds is 4. The first-order valence-electron chi connectivity index (χ1n) is 4.71. The molecule has 0 aliphatic heterocycles. The van der Waals surface area contributed by atoms with Gasteiger partial charge in [0.25, 0.3) is 0 Å². The van der Waals surface area contributed by atoms with Gasteiger partial charge in [-0.2, -0.15) is 9.11 Å². The molecule has 1 aromatic carbocycles. The van der Waals surface area contributed by atoms with Crippen LogP contribution in [-0.4, -0.2) is 19.4 Å². The number of halogens is 1. The van der Waals surface area contributed by atoms with E-state index in [0.29, 0.717) is 0 Å². The van der Waals surface area contributed by atoms with Crippen molar-refractivity contribution in [2.75, 3.05) is 0 Å². The molecule has 0 saturated heterocycles. The second kappa shape index (κ2) is 5.12. The average molecular weight is 272 g/mol. The van der Waals surface area contributed by atoms with Gasteiger partial charge in [0.2, 0.25) is 15.8 Å². The van der Waals surface area contributed by atoms with Gasteiger partial charge in [-0.05, 0) is 19.1 Å². The molecule has 0 fully saturated rings. The molecule has 0 bridgehead atoms. The Kier molecular flexibility index (Phi) is 4.00. The lowest BCUT2D eigenvalue weighted by Gasteiger charge is -2.09. The fraction of sp³-hybridized carbons (Fsp3) is 0.200. The molecule has 96 valence electrons. The molecule has 1 atom stereocenters. The van der Waals surface area contributed by atoms with E-state index in [-0.39, 0.29) is 0 Å². The predicted octanol–water partition coefficient (Wildman–Crippen LogP) is 1.03. The van der Waals surface area contributed by atoms with Gasteiger partial charge in [0, 0.05) is 0 Å². The molecule has 18 heavy (non-hydrogen) atoms. The number of hydrogen-bond acceptors (Lipinski definition) is 4. The SMILES string of the molecule is C#CC(C)NS(=O)(=O)c1cccc(F)c1[N+](=O)[O-]. The van der Waals surface area contributed by atoms with Gasteiger partial charge >= 0.3 is 5.69 Å². The third-order valence-corrected chi connectivity index (χ3v) is 3.58. The Hall–Kier alpha value is -1.98. The van der Waals surface area contributed by atoms with Crippen LogP contribution in [0.1, 0.15) is 6.92 Å². The van der Waals surface area contributed by atoms with Gasteiger partial charge in [-0.25, -0.2) is 8.42 Å². The van der Waals surface area contributed by atoms with Crippen molar-refractivity contribution in [3.8, 4) is 12.3 Å². The van der Waals surface area contributed by atoms with Crippen LogP contribution in [0.25, 0.3) is 0 Å². The van der Waals surface area contributed by atoms with E-state index in [4.69, 9.17) is 6.42 Å². The maximum absolute atomic E-state index is 13.3. The summed E-state index contributed by atoms with van der Waals surface area (Å²) in [5.74, 6) is 0.875. The second-order valence-electron chi connectivity index (χ2n) is 3.35. The zero-order valence-corrected chi connectivity index (χ0v) is 10.1. The van der Waals surface area contributed by atoms with E-state index in [1.54, 1.807) is 0 Å². The van der Waals surface area contributed by atoms with Gasteiger partial charge in [-0.15, -0.1) is 6.42 Å². The average Bonchev–Trinajstić information content (AvgIpc) is 2.27. The molecule has 1 unspecified atom stereocenters. The van der Waals surface area contributed by atoms with E-state index in [1.807, 2.05) is 4.72 Å². The molecule has 0 amide bonds. The van der Waals surface area contributed by atoms with Crippen molar-refractivity contribution in [2.45, 2.75) is 17.9 Å².